The molecule has 1 saturated heterocycles. The molecule has 4 nitrogen and oxygen atoms in total. The van der Waals surface area contributed by atoms with Gasteiger partial charge < -0.3 is 15.0 Å². The first-order valence-electron chi connectivity index (χ1n) is 7.38. The molecule has 1 aromatic carbocycles. The number of nitrogens with zero attached hydrogens (tertiary/aromatic N) is 1. The van der Waals surface area contributed by atoms with Crippen LogP contribution in [0.4, 0.5) is 11.4 Å². The van der Waals surface area contributed by atoms with Crippen molar-refractivity contribution < 1.29 is 9.53 Å². The topological polar surface area (TPSA) is 41.6 Å². The molecule has 1 unspecified atom stereocenters. The molecular formula is C16H22N2O2. The number of nitrogens with one attached hydrogen (secondary N) is 1. The minimum Gasteiger partial charge on any atom is -0.492 e. The van der Waals surface area contributed by atoms with Gasteiger partial charge in [-0.2, -0.15) is 0 Å². The number of para-hydroxylation sites is 1. The summed E-state index contributed by atoms with van der Waals surface area (Å²) in [7, 11) is 0. The Hall–Kier alpha value is -1.71. The third kappa shape index (κ3) is 1.94. The van der Waals surface area contributed by atoms with Gasteiger partial charge in [0.1, 0.15) is 17.5 Å². The highest BCUT2D eigenvalue weighted by Crippen LogP contribution is 2.46. The third-order valence-corrected chi connectivity index (χ3v) is 4.38. The van der Waals surface area contributed by atoms with Crippen molar-refractivity contribution in [1.29, 1.82) is 0 Å². The van der Waals surface area contributed by atoms with Crippen LogP contribution >= 0.6 is 0 Å². The number of hydrogen-bond donors (Lipinski definition) is 1. The average molecular weight is 274 g/mol. The van der Waals surface area contributed by atoms with Gasteiger partial charge in [0.05, 0.1) is 12.3 Å². The monoisotopic (exact) mass is 274 g/mol. The van der Waals surface area contributed by atoms with Gasteiger partial charge in [0.2, 0.25) is 5.91 Å². The maximum Gasteiger partial charge on any atom is 0.247 e. The second-order valence-corrected chi connectivity index (χ2v) is 6.26. The third-order valence-electron chi connectivity index (χ3n) is 4.38. The summed E-state index contributed by atoms with van der Waals surface area (Å²) in [6, 6.07) is 5.91. The Kier molecular flexibility index (Phi) is 3.11. The quantitative estimate of drug-likeness (QED) is 0.901. The summed E-state index contributed by atoms with van der Waals surface area (Å²) in [6.07, 6.45) is 2.21. The zero-order valence-corrected chi connectivity index (χ0v) is 12.4. The fraction of sp³-hybridized carbons (Fsp3) is 0.562. The minimum absolute atomic E-state index is 0.00163. The van der Waals surface area contributed by atoms with Gasteiger partial charge in [0.25, 0.3) is 0 Å². The first-order valence-corrected chi connectivity index (χ1v) is 7.38. The molecule has 1 fully saturated rings. The number of amides is 1. The van der Waals surface area contributed by atoms with Crippen molar-refractivity contribution in [2.75, 3.05) is 23.4 Å². The number of rotatable bonds is 2. The number of anilines is 2. The van der Waals surface area contributed by atoms with Crippen LogP contribution in [0.1, 0.15) is 33.6 Å². The predicted molar refractivity (Wildman–Crippen MR) is 80.4 cm³/mol. The molecular weight excluding hydrogens is 252 g/mol. The molecule has 2 aliphatic heterocycles. The SMILES string of the molecule is CCOc1cccc2c1NC(=O)C1N2CCCC1(C)C. The van der Waals surface area contributed by atoms with Gasteiger partial charge in [0.15, 0.2) is 0 Å². The molecule has 0 aliphatic carbocycles. The van der Waals surface area contributed by atoms with Crippen LogP contribution < -0.4 is 15.0 Å². The molecule has 20 heavy (non-hydrogen) atoms. The van der Waals surface area contributed by atoms with E-state index in [4.69, 9.17) is 4.74 Å². The molecule has 0 aromatic heterocycles. The van der Waals surface area contributed by atoms with Crippen molar-refractivity contribution in [2.24, 2.45) is 5.41 Å². The van der Waals surface area contributed by atoms with Crippen molar-refractivity contribution in [3.63, 3.8) is 0 Å². The molecule has 0 radical (unpaired) electrons. The van der Waals surface area contributed by atoms with E-state index in [9.17, 15) is 4.79 Å². The van der Waals surface area contributed by atoms with Crippen LogP contribution in [0.5, 0.6) is 5.75 Å². The van der Waals surface area contributed by atoms with Crippen LogP contribution in [0, 0.1) is 5.41 Å². The summed E-state index contributed by atoms with van der Waals surface area (Å²) in [4.78, 5) is 14.8. The minimum atomic E-state index is -0.0828. The molecule has 3 rings (SSSR count). The molecule has 108 valence electrons. The zero-order chi connectivity index (χ0) is 14.3. The summed E-state index contributed by atoms with van der Waals surface area (Å²) >= 11 is 0. The highest BCUT2D eigenvalue weighted by atomic mass is 16.5. The van der Waals surface area contributed by atoms with E-state index in [1.165, 1.54) is 0 Å². The van der Waals surface area contributed by atoms with Gasteiger partial charge in [-0.25, -0.2) is 0 Å². The maximum atomic E-state index is 12.6. The van der Waals surface area contributed by atoms with E-state index in [2.05, 4.69) is 30.1 Å². The Bertz CT molecular complexity index is 539. The Balaban J connectivity index is 2.07. The molecule has 0 bridgehead atoms. The Morgan fingerprint density at radius 3 is 3.00 bits per heavy atom. The normalized spacial score (nSPS) is 23.6. The fourth-order valence-corrected chi connectivity index (χ4v) is 3.50. The highest BCUT2D eigenvalue weighted by Gasteiger charge is 2.46. The second-order valence-electron chi connectivity index (χ2n) is 6.26. The van der Waals surface area contributed by atoms with Crippen molar-refractivity contribution in [3.8, 4) is 5.75 Å². The number of fused-ring (bicyclic) bond motifs is 3. The largest absolute Gasteiger partial charge is 0.492 e. The molecule has 2 heterocycles. The van der Waals surface area contributed by atoms with Crippen molar-refractivity contribution >= 4 is 17.3 Å². The van der Waals surface area contributed by atoms with E-state index in [1.807, 2.05) is 19.1 Å². The summed E-state index contributed by atoms with van der Waals surface area (Å²) in [5.74, 6) is 0.856. The number of carbonyl (C=O) groups excluding carboxylic acids is 1. The van der Waals surface area contributed by atoms with Crippen LogP contribution in [-0.2, 0) is 4.79 Å². The first kappa shape index (κ1) is 13.3. The van der Waals surface area contributed by atoms with E-state index in [1.54, 1.807) is 0 Å². The van der Waals surface area contributed by atoms with E-state index in [-0.39, 0.29) is 17.4 Å². The lowest BCUT2D eigenvalue weighted by Gasteiger charge is -2.49. The summed E-state index contributed by atoms with van der Waals surface area (Å²) in [6.45, 7) is 7.85. The summed E-state index contributed by atoms with van der Waals surface area (Å²) in [5.41, 5.74) is 1.92. The number of ether oxygens (including phenoxy) is 1. The summed E-state index contributed by atoms with van der Waals surface area (Å²) in [5, 5.41) is 3.06. The zero-order valence-electron chi connectivity index (χ0n) is 12.4. The van der Waals surface area contributed by atoms with Gasteiger partial charge in [-0.1, -0.05) is 19.9 Å². The standard InChI is InChI=1S/C16H22N2O2/c1-4-20-12-8-5-7-11-13(12)17-15(19)14-16(2,3)9-6-10-18(11)14/h5,7-8,14H,4,6,9-10H2,1-3H3,(H,17,19). The number of hydrogen-bond acceptors (Lipinski definition) is 3. The van der Waals surface area contributed by atoms with Crippen molar-refractivity contribution in [1.82, 2.24) is 0 Å². The molecule has 1 aromatic rings. The first-order chi connectivity index (χ1) is 9.54. The second kappa shape index (κ2) is 4.69. The number of benzene rings is 1. The lowest BCUT2D eigenvalue weighted by atomic mass is 9.75. The molecule has 4 heteroatoms. The molecule has 0 saturated carbocycles. The van der Waals surface area contributed by atoms with Gasteiger partial charge in [-0.3, -0.25) is 4.79 Å². The van der Waals surface area contributed by atoms with Crippen LogP contribution in [0.3, 0.4) is 0 Å². The average Bonchev–Trinajstić information content (AvgIpc) is 2.39. The van der Waals surface area contributed by atoms with Crippen LogP contribution in [0.2, 0.25) is 0 Å². The molecule has 0 spiro atoms. The van der Waals surface area contributed by atoms with Gasteiger partial charge in [0, 0.05) is 6.54 Å². The molecule has 1 N–H and O–H groups in total. The number of carbonyl (C=O) groups is 1. The van der Waals surface area contributed by atoms with Crippen LogP contribution in [0.25, 0.3) is 0 Å². The van der Waals surface area contributed by atoms with E-state index < -0.39 is 0 Å². The molecule has 2 aliphatic rings. The smallest absolute Gasteiger partial charge is 0.247 e. The van der Waals surface area contributed by atoms with Gasteiger partial charge in [-0.05, 0) is 37.3 Å². The van der Waals surface area contributed by atoms with Crippen molar-refractivity contribution in [3.05, 3.63) is 18.2 Å². The van der Waals surface area contributed by atoms with Crippen LogP contribution in [-0.4, -0.2) is 25.1 Å². The molecule has 1 atom stereocenters. The van der Waals surface area contributed by atoms with Crippen LogP contribution in [0.15, 0.2) is 18.2 Å². The lowest BCUT2D eigenvalue weighted by Crippen LogP contribution is -2.58. The fourth-order valence-electron chi connectivity index (χ4n) is 3.50. The van der Waals surface area contributed by atoms with Crippen molar-refractivity contribution in [2.45, 2.75) is 39.7 Å². The van der Waals surface area contributed by atoms with E-state index in [0.29, 0.717) is 6.61 Å². The van der Waals surface area contributed by atoms with Gasteiger partial charge in [-0.15, -0.1) is 0 Å². The van der Waals surface area contributed by atoms with E-state index in [0.717, 1.165) is 36.5 Å². The Labute approximate surface area is 120 Å². The maximum absolute atomic E-state index is 12.6. The van der Waals surface area contributed by atoms with E-state index >= 15 is 0 Å². The number of piperidine rings is 1. The summed E-state index contributed by atoms with van der Waals surface area (Å²) < 4.78 is 5.64. The highest BCUT2D eigenvalue weighted by molar-refractivity contribution is 6.05. The van der Waals surface area contributed by atoms with Gasteiger partial charge >= 0.3 is 0 Å². The lowest BCUT2D eigenvalue weighted by molar-refractivity contribution is -0.120. The Morgan fingerprint density at radius 2 is 2.25 bits per heavy atom. The Morgan fingerprint density at radius 1 is 1.45 bits per heavy atom. The predicted octanol–water partition coefficient (Wildman–Crippen LogP) is 3.03. The molecule has 1 amide bonds.